The van der Waals surface area contributed by atoms with Crippen LogP contribution in [0.4, 0.5) is 10.1 Å². The number of para-hydroxylation sites is 1. The van der Waals surface area contributed by atoms with E-state index in [2.05, 4.69) is 10.3 Å². The van der Waals surface area contributed by atoms with Crippen molar-refractivity contribution in [2.45, 2.75) is 6.54 Å². The Labute approximate surface area is 150 Å². The van der Waals surface area contributed by atoms with E-state index >= 15 is 0 Å². The van der Waals surface area contributed by atoms with Gasteiger partial charge in [0.1, 0.15) is 23.5 Å². The SMILES string of the molecule is O=C(Cn1cnc2c(oc3ccccc32)c1=O)Nc1cc(Cl)ccc1F. The fourth-order valence-corrected chi connectivity index (χ4v) is 2.84. The number of hydrogen-bond donors (Lipinski definition) is 1. The predicted molar refractivity (Wildman–Crippen MR) is 95.8 cm³/mol. The maximum Gasteiger partial charge on any atom is 0.297 e. The Hall–Kier alpha value is -3.19. The average Bonchev–Trinajstić information content (AvgIpc) is 3.00. The Morgan fingerprint density at radius 3 is 2.92 bits per heavy atom. The number of benzene rings is 2. The zero-order valence-corrected chi connectivity index (χ0v) is 14.0. The van der Waals surface area contributed by atoms with Crippen molar-refractivity contribution in [1.82, 2.24) is 9.55 Å². The molecule has 0 bridgehead atoms. The lowest BCUT2D eigenvalue weighted by Gasteiger charge is -2.08. The van der Waals surface area contributed by atoms with Crippen molar-refractivity contribution in [2.24, 2.45) is 0 Å². The summed E-state index contributed by atoms with van der Waals surface area (Å²) in [6, 6.07) is 10.9. The van der Waals surface area contributed by atoms with Crippen molar-refractivity contribution in [3.63, 3.8) is 0 Å². The average molecular weight is 372 g/mol. The minimum Gasteiger partial charge on any atom is -0.448 e. The highest BCUT2D eigenvalue weighted by Gasteiger charge is 2.15. The fourth-order valence-electron chi connectivity index (χ4n) is 2.67. The van der Waals surface area contributed by atoms with Crippen molar-refractivity contribution >= 4 is 45.3 Å². The molecule has 4 rings (SSSR count). The lowest BCUT2D eigenvalue weighted by Crippen LogP contribution is -2.27. The third-order valence-corrected chi connectivity index (χ3v) is 4.10. The highest BCUT2D eigenvalue weighted by molar-refractivity contribution is 6.30. The van der Waals surface area contributed by atoms with Gasteiger partial charge in [-0.25, -0.2) is 9.37 Å². The van der Waals surface area contributed by atoms with Crippen LogP contribution in [0.25, 0.3) is 22.1 Å². The molecular weight excluding hydrogens is 361 g/mol. The molecule has 1 amide bonds. The number of nitrogens with zero attached hydrogens (tertiary/aromatic N) is 2. The lowest BCUT2D eigenvalue weighted by molar-refractivity contribution is -0.116. The van der Waals surface area contributed by atoms with Crippen LogP contribution in [0.3, 0.4) is 0 Å². The molecule has 130 valence electrons. The Morgan fingerprint density at radius 2 is 2.08 bits per heavy atom. The Bertz CT molecular complexity index is 1220. The fraction of sp³-hybridized carbons (Fsp3) is 0.0556. The summed E-state index contributed by atoms with van der Waals surface area (Å²) in [5, 5.41) is 3.39. The molecule has 0 spiro atoms. The van der Waals surface area contributed by atoms with E-state index in [0.717, 1.165) is 16.0 Å². The topological polar surface area (TPSA) is 77.1 Å². The van der Waals surface area contributed by atoms with E-state index in [4.69, 9.17) is 16.0 Å². The van der Waals surface area contributed by atoms with Crippen LogP contribution in [0.1, 0.15) is 0 Å². The largest absolute Gasteiger partial charge is 0.448 e. The molecule has 0 aliphatic heterocycles. The van der Waals surface area contributed by atoms with Crippen LogP contribution in [-0.4, -0.2) is 15.5 Å². The smallest absolute Gasteiger partial charge is 0.297 e. The number of nitrogens with one attached hydrogen (secondary N) is 1. The molecule has 0 atom stereocenters. The second-order valence-corrected chi connectivity index (χ2v) is 6.06. The van der Waals surface area contributed by atoms with Crippen LogP contribution >= 0.6 is 11.6 Å². The first kappa shape index (κ1) is 16.3. The van der Waals surface area contributed by atoms with Gasteiger partial charge >= 0.3 is 0 Å². The number of fused-ring (bicyclic) bond motifs is 3. The number of rotatable bonds is 3. The maximum absolute atomic E-state index is 13.7. The van der Waals surface area contributed by atoms with E-state index in [1.165, 1.54) is 18.5 Å². The molecule has 8 heteroatoms. The van der Waals surface area contributed by atoms with E-state index in [-0.39, 0.29) is 22.8 Å². The monoisotopic (exact) mass is 371 g/mol. The van der Waals surface area contributed by atoms with Crippen molar-refractivity contribution in [2.75, 3.05) is 5.32 Å². The van der Waals surface area contributed by atoms with Gasteiger partial charge in [0.2, 0.25) is 11.5 Å². The second-order valence-electron chi connectivity index (χ2n) is 5.63. The van der Waals surface area contributed by atoms with Gasteiger partial charge in [0.15, 0.2) is 0 Å². The highest BCUT2D eigenvalue weighted by atomic mass is 35.5. The van der Waals surface area contributed by atoms with E-state index in [9.17, 15) is 14.0 Å². The molecule has 0 fully saturated rings. The normalized spacial score (nSPS) is 11.2. The van der Waals surface area contributed by atoms with E-state index in [1.54, 1.807) is 18.2 Å². The molecule has 0 saturated carbocycles. The lowest BCUT2D eigenvalue weighted by atomic mass is 10.2. The summed E-state index contributed by atoms with van der Waals surface area (Å²) in [4.78, 5) is 28.9. The summed E-state index contributed by atoms with van der Waals surface area (Å²) >= 11 is 5.79. The summed E-state index contributed by atoms with van der Waals surface area (Å²) in [5.74, 6) is -1.22. The predicted octanol–water partition coefficient (Wildman–Crippen LogP) is 3.57. The van der Waals surface area contributed by atoms with Gasteiger partial charge in [-0.1, -0.05) is 23.7 Å². The van der Waals surface area contributed by atoms with Crippen LogP contribution < -0.4 is 10.9 Å². The van der Waals surface area contributed by atoms with Crippen LogP contribution in [0.2, 0.25) is 5.02 Å². The van der Waals surface area contributed by atoms with Crippen LogP contribution in [0.5, 0.6) is 0 Å². The zero-order valence-electron chi connectivity index (χ0n) is 13.2. The second kappa shape index (κ2) is 6.27. The first-order valence-corrected chi connectivity index (χ1v) is 8.02. The summed E-state index contributed by atoms with van der Waals surface area (Å²) in [6.07, 6.45) is 1.26. The first-order valence-electron chi connectivity index (χ1n) is 7.64. The van der Waals surface area contributed by atoms with Crippen LogP contribution in [0, 0.1) is 5.82 Å². The molecule has 0 aliphatic carbocycles. The molecule has 4 aromatic rings. The van der Waals surface area contributed by atoms with Crippen LogP contribution in [-0.2, 0) is 11.3 Å². The Morgan fingerprint density at radius 1 is 1.27 bits per heavy atom. The standard InChI is InChI=1S/C18H11ClFN3O3/c19-10-5-6-12(20)13(7-10)22-15(24)8-23-9-21-16-11-3-1-2-4-14(11)26-17(16)18(23)25/h1-7,9H,8H2,(H,22,24). The number of anilines is 1. The molecule has 6 nitrogen and oxygen atoms in total. The Balaban J connectivity index is 1.65. The number of halogens is 2. The molecule has 0 aliphatic rings. The number of carbonyl (C=O) groups excluding carboxylic acids is 1. The van der Waals surface area contributed by atoms with E-state index in [0.29, 0.717) is 11.1 Å². The quantitative estimate of drug-likeness (QED) is 0.597. The summed E-state index contributed by atoms with van der Waals surface area (Å²) < 4.78 is 20.4. The molecule has 2 aromatic carbocycles. The molecular formula is C18H11ClFN3O3. The van der Waals surface area contributed by atoms with Gasteiger partial charge in [-0.05, 0) is 30.3 Å². The van der Waals surface area contributed by atoms with Crippen molar-refractivity contribution < 1.29 is 13.6 Å². The first-order chi connectivity index (χ1) is 12.5. The number of furan rings is 1. The van der Waals surface area contributed by atoms with E-state index < -0.39 is 17.3 Å². The van der Waals surface area contributed by atoms with Gasteiger partial charge in [0.05, 0.1) is 12.0 Å². The number of aromatic nitrogens is 2. The van der Waals surface area contributed by atoms with Crippen molar-refractivity contribution in [3.8, 4) is 0 Å². The molecule has 2 heterocycles. The third-order valence-electron chi connectivity index (χ3n) is 3.87. The van der Waals surface area contributed by atoms with Crippen molar-refractivity contribution in [3.05, 3.63) is 70.0 Å². The minimum atomic E-state index is -0.624. The van der Waals surface area contributed by atoms with Gasteiger partial charge in [0, 0.05) is 10.4 Å². The summed E-state index contributed by atoms with van der Waals surface area (Å²) in [5.41, 5.74) is 0.482. The summed E-state index contributed by atoms with van der Waals surface area (Å²) in [7, 11) is 0. The van der Waals surface area contributed by atoms with E-state index in [1.807, 2.05) is 6.07 Å². The van der Waals surface area contributed by atoms with Crippen molar-refractivity contribution in [1.29, 1.82) is 0 Å². The van der Waals surface area contributed by atoms with Gasteiger partial charge in [-0.15, -0.1) is 0 Å². The van der Waals surface area contributed by atoms with Gasteiger partial charge in [0.25, 0.3) is 5.56 Å². The minimum absolute atomic E-state index is 0.0617. The molecule has 26 heavy (non-hydrogen) atoms. The maximum atomic E-state index is 13.7. The zero-order chi connectivity index (χ0) is 18.3. The van der Waals surface area contributed by atoms with Gasteiger partial charge in [-0.2, -0.15) is 0 Å². The number of hydrogen-bond acceptors (Lipinski definition) is 4. The summed E-state index contributed by atoms with van der Waals surface area (Å²) in [6.45, 7) is -0.342. The molecule has 0 unspecified atom stereocenters. The molecule has 0 saturated heterocycles. The molecule has 1 N–H and O–H groups in total. The van der Waals surface area contributed by atoms with Gasteiger partial charge in [-0.3, -0.25) is 14.2 Å². The third kappa shape index (κ3) is 2.82. The highest BCUT2D eigenvalue weighted by Crippen LogP contribution is 2.24. The molecule has 2 aromatic heterocycles. The van der Waals surface area contributed by atoms with Gasteiger partial charge < -0.3 is 9.73 Å². The molecule has 0 radical (unpaired) electrons. The Kier molecular flexibility index (Phi) is 3.93. The number of amides is 1. The van der Waals surface area contributed by atoms with Crippen LogP contribution in [0.15, 0.2) is 58.0 Å². The number of carbonyl (C=O) groups is 1.